The topological polar surface area (TPSA) is 252 Å². The highest BCUT2D eigenvalue weighted by molar-refractivity contribution is 7.90. The van der Waals surface area contributed by atoms with Crippen LogP contribution in [0, 0.1) is 17.0 Å². The molecule has 3 amide bonds. The van der Waals surface area contributed by atoms with E-state index in [0.29, 0.717) is 55.2 Å². The summed E-state index contributed by atoms with van der Waals surface area (Å²) in [6, 6.07) is 20.5. The van der Waals surface area contributed by atoms with Crippen LogP contribution >= 0.6 is 46.4 Å². The molecule has 1 N–H and O–H groups in total. The molecule has 0 radical (unpaired) electrons. The summed E-state index contributed by atoms with van der Waals surface area (Å²) in [5.74, 6) is -1.74. The van der Waals surface area contributed by atoms with Crippen LogP contribution in [0.15, 0.2) is 113 Å². The van der Waals surface area contributed by atoms with Crippen molar-refractivity contribution in [3.8, 4) is 17.2 Å². The highest BCUT2D eigenvalue weighted by Gasteiger charge is 2.37. The summed E-state index contributed by atoms with van der Waals surface area (Å²) in [4.78, 5) is 60.5. The number of nitro groups is 1. The molecule has 1 fully saturated rings. The van der Waals surface area contributed by atoms with Crippen LogP contribution < -0.4 is 24.0 Å². The number of ketones is 1. The molecule has 2 atom stereocenters. The molecule has 19 nitrogen and oxygen atoms in total. The standard InChI is InChI=1S/C15H10ClF3N2O6S.C15H22ClNO2.C15H12F3NO4S.C11H11Cl2NO2/c1-28(25,26)20-14(22)10-7-9(3-4-12(10)21(23)24)27-13-5-2-8(6-11(13)16)15(17,18)19;1-5-13-8-6-7-11(2)15(13)17(14(18)9-16)12(3)10-19-4;1-24(21,22)12-6-9(15(16,17)18)4-5-10(12)13(20)11-7-19-23-14(11)8-2-3-8;1-7-6-16-9-5-3-2-4-8(9)14(7)11(15)10(12)13/h2-7H,1H3,(H,20,22);6-8,12H,5,9-10H2,1-4H3;4-8H,2-3H2,1H3;2-5,7,10H,6H2,1H3. The van der Waals surface area contributed by atoms with Gasteiger partial charge >= 0.3 is 12.4 Å². The number of nitrogens with zero attached hydrogens (tertiary/aromatic N) is 4. The Hall–Kier alpha value is -7.01. The van der Waals surface area contributed by atoms with Gasteiger partial charge < -0.3 is 28.5 Å². The fourth-order valence-electron chi connectivity index (χ4n) is 8.49. The largest absolute Gasteiger partial charge is 0.489 e. The van der Waals surface area contributed by atoms with E-state index in [0.717, 1.165) is 78.4 Å². The van der Waals surface area contributed by atoms with Gasteiger partial charge in [0.05, 0.1) is 74.0 Å². The predicted molar refractivity (Wildman–Crippen MR) is 313 cm³/mol. The molecular formula is C56H55Cl4F6N5O14S2. The van der Waals surface area contributed by atoms with Crippen molar-refractivity contribution in [1.29, 1.82) is 0 Å². The molecule has 1 aliphatic carbocycles. The first-order chi connectivity index (χ1) is 40.5. The third-order valence-corrected chi connectivity index (χ3v) is 15.2. The van der Waals surface area contributed by atoms with Gasteiger partial charge in [-0.05, 0) is 106 Å². The van der Waals surface area contributed by atoms with Gasteiger partial charge in [-0.1, -0.05) is 77.2 Å². The van der Waals surface area contributed by atoms with Crippen molar-refractivity contribution >= 4 is 107 Å². The zero-order valence-electron chi connectivity index (χ0n) is 47.0. The first-order valence-electron chi connectivity index (χ1n) is 25.6. The van der Waals surface area contributed by atoms with E-state index in [1.807, 2.05) is 57.2 Å². The molecule has 1 aliphatic heterocycles. The number of anilines is 2. The van der Waals surface area contributed by atoms with Crippen LogP contribution in [0.5, 0.6) is 17.2 Å². The van der Waals surface area contributed by atoms with E-state index >= 15 is 0 Å². The minimum atomic E-state index is -4.71. The third kappa shape index (κ3) is 19.0. The fraction of sp³-hybridized carbons (Fsp3) is 0.339. The molecule has 0 saturated heterocycles. The highest BCUT2D eigenvalue weighted by atomic mass is 35.5. The van der Waals surface area contributed by atoms with Crippen LogP contribution in [0.2, 0.25) is 5.02 Å². The van der Waals surface area contributed by atoms with Crippen molar-refractivity contribution in [1.82, 2.24) is 9.88 Å². The Morgan fingerprint density at radius 3 is 2.07 bits per heavy atom. The van der Waals surface area contributed by atoms with Gasteiger partial charge in [0.2, 0.25) is 15.9 Å². The molecule has 5 aromatic carbocycles. The number of aromatic nitrogens is 1. The maximum absolute atomic E-state index is 12.8. The van der Waals surface area contributed by atoms with E-state index in [9.17, 15) is 72.5 Å². The van der Waals surface area contributed by atoms with Gasteiger partial charge in [-0.15, -0.1) is 11.6 Å². The summed E-state index contributed by atoms with van der Waals surface area (Å²) in [5, 5.41) is 14.2. The van der Waals surface area contributed by atoms with Crippen LogP contribution in [0.4, 0.5) is 43.4 Å². The van der Waals surface area contributed by atoms with Gasteiger partial charge in [-0.2, -0.15) is 26.3 Å². The van der Waals surface area contributed by atoms with E-state index < -0.39 is 86.0 Å². The van der Waals surface area contributed by atoms with Crippen molar-refractivity contribution < 1.29 is 86.0 Å². The van der Waals surface area contributed by atoms with Gasteiger partial charge in [0.25, 0.3) is 17.5 Å². The zero-order valence-corrected chi connectivity index (χ0v) is 51.6. The second-order valence-corrected chi connectivity index (χ2v) is 24.9. The number of fused-ring (bicyclic) bond motifs is 1. The number of sulfonamides is 1. The highest BCUT2D eigenvalue weighted by Crippen LogP contribution is 2.43. The Bertz CT molecular complexity index is 3740. The van der Waals surface area contributed by atoms with E-state index in [4.69, 9.17) is 65.1 Å². The van der Waals surface area contributed by atoms with Gasteiger partial charge in [-0.25, -0.2) is 21.6 Å². The lowest BCUT2D eigenvalue weighted by Crippen LogP contribution is -2.47. The third-order valence-electron chi connectivity index (χ3n) is 12.6. The first-order valence-corrected chi connectivity index (χ1v) is 31.1. The Morgan fingerprint density at radius 2 is 1.52 bits per heavy atom. The number of para-hydroxylation sites is 3. The van der Waals surface area contributed by atoms with Crippen molar-refractivity contribution in [3.05, 3.63) is 163 Å². The summed E-state index contributed by atoms with van der Waals surface area (Å²) >= 11 is 22.8. The second-order valence-electron chi connectivity index (χ2n) is 19.3. The number of hydrogen-bond donors (Lipinski definition) is 1. The van der Waals surface area contributed by atoms with Crippen LogP contribution in [0.3, 0.4) is 0 Å². The van der Waals surface area contributed by atoms with Crippen molar-refractivity contribution in [2.45, 2.75) is 87.0 Å². The lowest BCUT2D eigenvalue weighted by Gasteiger charge is -2.35. The quantitative estimate of drug-likeness (QED) is 0.0311. The molecule has 6 aromatic rings. The molecular weight excluding hydrogens is 1290 g/mol. The Kier molecular flexibility index (Phi) is 24.2. The number of ether oxygens (including phenoxy) is 3. The molecule has 470 valence electrons. The number of aryl methyl sites for hydroxylation is 2. The molecule has 1 saturated carbocycles. The maximum Gasteiger partial charge on any atom is 0.416 e. The number of nitrogens with one attached hydrogen (secondary N) is 1. The first kappa shape index (κ1) is 70.7. The van der Waals surface area contributed by atoms with Crippen molar-refractivity contribution in [2.75, 3.05) is 48.5 Å². The lowest BCUT2D eigenvalue weighted by atomic mass is 10.0. The lowest BCUT2D eigenvalue weighted by molar-refractivity contribution is -0.385. The van der Waals surface area contributed by atoms with Crippen LogP contribution in [0.1, 0.15) is 93.8 Å². The fourth-order valence-corrected chi connectivity index (χ4v) is 10.4. The number of sulfone groups is 1. The number of carbonyl (C=O) groups is 4. The minimum absolute atomic E-state index is 0.0223. The summed E-state index contributed by atoms with van der Waals surface area (Å²) in [6.07, 6.45) is -4.21. The minimum Gasteiger partial charge on any atom is -0.489 e. The number of halogens is 10. The van der Waals surface area contributed by atoms with Gasteiger partial charge in [0.1, 0.15) is 35.3 Å². The van der Waals surface area contributed by atoms with Gasteiger partial charge in [-0.3, -0.25) is 29.3 Å². The molecule has 1 aromatic heterocycles. The SMILES string of the molecule is CC1COc2ccccc2N1C(=O)C(Cl)Cl.CCc1cccc(C)c1N(C(=O)CCl)C(C)COC.CS(=O)(=O)NC(=O)c1cc(Oc2ccc(C(F)(F)F)cc2Cl)ccc1[N+](=O)[O-].CS(=O)(=O)c1cc(C(F)(F)F)ccc1C(=O)c1cnoc1C1CC1. The monoisotopic (exact) mass is 1340 g/mol. The van der Waals surface area contributed by atoms with Crippen molar-refractivity contribution in [2.24, 2.45) is 0 Å². The van der Waals surface area contributed by atoms with Crippen LogP contribution in [0.25, 0.3) is 0 Å². The summed E-state index contributed by atoms with van der Waals surface area (Å²) in [7, 11) is -6.41. The molecule has 87 heavy (non-hydrogen) atoms. The molecule has 31 heteroatoms. The van der Waals surface area contributed by atoms with Crippen molar-refractivity contribution in [3.63, 3.8) is 0 Å². The Morgan fingerprint density at radius 1 is 0.885 bits per heavy atom. The van der Waals surface area contributed by atoms with Crippen LogP contribution in [-0.4, -0.2) is 106 Å². The number of amides is 3. The number of hydrogen-bond acceptors (Lipinski definition) is 15. The van der Waals surface area contributed by atoms with Crippen LogP contribution in [-0.2, 0) is 53.0 Å². The molecule has 2 heterocycles. The number of methoxy groups -OCH3 is 1. The molecule has 2 unspecified atom stereocenters. The summed E-state index contributed by atoms with van der Waals surface area (Å²) in [5.41, 5.74) is 0.217. The normalized spacial score (nSPS) is 14.3. The molecule has 2 aliphatic rings. The van der Waals surface area contributed by atoms with E-state index in [1.165, 1.54) is 6.20 Å². The van der Waals surface area contributed by atoms with E-state index in [1.54, 1.807) is 21.6 Å². The maximum atomic E-state index is 12.8. The number of benzene rings is 5. The molecule has 8 rings (SSSR count). The summed E-state index contributed by atoms with van der Waals surface area (Å²) < 4.78 is 145. The Labute approximate surface area is 515 Å². The predicted octanol–water partition coefficient (Wildman–Crippen LogP) is 12.7. The number of rotatable bonds is 16. The number of carbonyl (C=O) groups excluding carboxylic acids is 4. The van der Waals surface area contributed by atoms with E-state index in [2.05, 4.69) is 18.1 Å². The van der Waals surface area contributed by atoms with E-state index in [-0.39, 0.29) is 58.3 Å². The smallest absolute Gasteiger partial charge is 0.416 e. The zero-order chi connectivity index (χ0) is 65.1. The average molecular weight is 1340 g/mol. The number of alkyl halides is 9. The summed E-state index contributed by atoms with van der Waals surface area (Å²) in [6.45, 7) is 8.90. The Balaban J connectivity index is 0.000000216. The van der Waals surface area contributed by atoms with Gasteiger partial charge in [0, 0.05) is 37.0 Å². The second kappa shape index (κ2) is 29.8. The molecule has 0 bridgehead atoms. The van der Waals surface area contributed by atoms with Gasteiger partial charge in [0.15, 0.2) is 26.2 Å². The average Bonchev–Trinajstić information content (AvgIpc) is 2.36. The molecule has 0 spiro atoms. The number of nitro benzene ring substituents is 1.